The maximum Gasteiger partial charge on any atom is 0.191 e. The molecule has 6 nitrogen and oxygen atoms in total. The van der Waals surface area contributed by atoms with Crippen molar-refractivity contribution >= 4 is 47.1 Å². The minimum absolute atomic E-state index is 0. The molecule has 166 valence electrons. The molecule has 30 heavy (non-hydrogen) atoms. The molecule has 0 aromatic carbocycles. The fraction of sp³-hybridized carbons (Fsp3) is 0.545. The Morgan fingerprint density at radius 1 is 1.17 bits per heavy atom. The first-order valence-electron chi connectivity index (χ1n) is 10.7. The van der Waals surface area contributed by atoms with Crippen molar-refractivity contribution in [2.75, 3.05) is 50.7 Å². The highest BCUT2D eigenvalue weighted by molar-refractivity contribution is 14.0. The van der Waals surface area contributed by atoms with Crippen molar-refractivity contribution < 1.29 is 0 Å². The van der Waals surface area contributed by atoms with E-state index >= 15 is 0 Å². The zero-order valence-corrected chi connectivity index (χ0v) is 21.5. The number of piperazine rings is 1. The number of guanidine groups is 1. The molecule has 1 unspecified atom stereocenters. The average molecular weight is 543 g/mol. The second-order valence-corrected chi connectivity index (χ2v) is 8.26. The first-order chi connectivity index (χ1) is 14.2. The maximum absolute atomic E-state index is 4.74. The lowest BCUT2D eigenvalue weighted by Gasteiger charge is -2.34. The summed E-state index contributed by atoms with van der Waals surface area (Å²) in [6.45, 7) is 14.4. The number of anilines is 1. The van der Waals surface area contributed by atoms with Gasteiger partial charge >= 0.3 is 0 Å². The molecule has 8 heteroatoms. The Bertz CT molecular complexity index is 741. The summed E-state index contributed by atoms with van der Waals surface area (Å²) in [6, 6.07) is 6.47. The maximum atomic E-state index is 4.74. The summed E-state index contributed by atoms with van der Waals surface area (Å²) < 4.78 is 0. The number of halogens is 1. The van der Waals surface area contributed by atoms with Crippen molar-refractivity contribution in [1.82, 2.24) is 20.5 Å². The summed E-state index contributed by atoms with van der Waals surface area (Å²) in [5, 5.41) is 11.1. The molecule has 3 heterocycles. The van der Waals surface area contributed by atoms with Crippen LogP contribution in [0.2, 0.25) is 0 Å². The molecule has 1 aliphatic rings. The Morgan fingerprint density at radius 2 is 1.97 bits per heavy atom. The number of pyridine rings is 1. The highest BCUT2D eigenvalue weighted by Gasteiger charge is 2.16. The van der Waals surface area contributed by atoms with Crippen LogP contribution in [0.1, 0.15) is 37.8 Å². The van der Waals surface area contributed by atoms with Crippen LogP contribution < -0.4 is 15.5 Å². The standard InChI is InChI=1S/C22H34N6S.HI/c1-4-23-22(25-14-18(3)20-8-13-29-17-20)26-16-19-6-7-21(24-15-19)28-11-9-27(5-2)10-12-28;/h6-8,13,15,17-18H,4-5,9-12,14,16H2,1-3H3,(H2,23,25,26);1H. The van der Waals surface area contributed by atoms with Gasteiger partial charge in [0.15, 0.2) is 5.96 Å². The molecule has 1 saturated heterocycles. The molecule has 1 aliphatic heterocycles. The largest absolute Gasteiger partial charge is 0.357 e. The van der Waals surface area contributed by atoms with E-state index in [4.69, 9.17) is 4.99 Å². The summed E-state index contributed by atoms with van der Waals surface area (Å²) in [5.74, 6) is 2.39. The fourth-order valence-corrected chi connectivity index (χ4v) is 4.21. The Labute approximate surface area is 202 Å². The van der Waals surface area contributed by atoms with Gasteiger partial charge in [0.2, 0.25) is 0 Å². The van der Waals surface area contributed by atoms with Crippen molar-refractivity contribution in [3.05, 3.63) is 46.3 Å². The third kappa shape index (κ3) is 7.39. The van der Waals surface area contributed by atoms with Crippen LogP contribution in [-0.2, 0) is 6.54 Å². The Hall–Kier alpha value is -1.39. The zero-order chi connectivity index (χ0) is 20.5. The van der Waals surface area contributed by atoms with Gasteiger partial charge in [-0.15, -0.1) is 24.0 Å². The summed E-state index contributed by atoms with van der Waals surface area (Å²) >= 11 is 1.75. The van der Waals surface area contributed by atoms with Crippen molar-refractivity contribution in [1.29, 1.82) is 0 Å². The smallest absolute Gasteiger partial charge is 0.191 e. The molecule has 2 aromatic rings. The van der Waals surface area contributed by atoms with Crippen LogP contribution in [0.25, 0.3) is 0 Å². The number of hydrogen-bond donors (Lipinski definition) is 2. The Morgan fingerprint density at radius 3 is 2.57 bits per heavy atom. The molecule has 0 radical (unpaired) electrons. The lowest BCUT2D eigenvalue weighted by Crippen LogP contribution is -2.46. The Kier molecular flexibility index (Phi) is 10.9. The minimum atomic E-state index is 0. The molecule has 2 aromatic heterocycles. The van der Waals surface area contributed by atoms with E-state index < -0.39 is 0 Å². The van der Waals surface area contributed by atoms with Gasteiger partial charge in [-0.05, 0) is 53.4 Å². The van der Waals surface area contributed by atoms with Crippen LogP contribution in [0.4, 0.5) is 5.82 Å². The van der Waals surface area contributed by atoms with Gasteiger partial charge in [0.05, 0.1) is 6.54 Å². The van der Waals surface area contributed by atoms with Gasteiger partial charge in [0, 0.05) is 45.5 Å². The van der Waals surface area contributed by atoms with Gasteiger partial charge in [-0.2, -0.15) is 11.3 Å². The molecule has 0 amide bonds. The van der Waals surface area contributed by atoms with E-state index in [0.717, 1.165) is 63.2 Å². The molecule has 3 rings (SSSR count). The molecule has 0 bridgehead atoms. The first kappa shape index (κ1) is 24.9. The average Bonchev–Trinajstić information content (AvgIpc) is 3.31. The van der Waals surface area contributed by atoms with E-state index in [1.54, 1.807) is 11.3 Å². The normalized spacial score (nSPS) is 16.1. The highest BCUT2D eigenvalue weighted by Crippen LogP contribution is 2.17. The predicted octanol–water partition coefficient (Wildman–Crippen LogP) is 3.76. The molecule has 0 aliphatic carbocycles. The quantitative estimate of drug-likeness (QED) is 0.302. The summed E-state index contributed by atoms with van der Waals surface area (Å²) in [6.07, 6.45) is 1.96. The molecule has 0 saturated carbocycles. The van der Waals surface area contributed by atoms with E-state index in [1.165, 1.54) is 5.56 Å². The number of rotatable bonds is 8. The number of nitrogens with zero attached hydrogens (tertiary/aromatic N) is 4. The monoisotopic (exact) mass is 542 g/mol. The van der Waals surface area contributed by atoms with Gasteiger partial charge in [-0.1, -0.05) is 19.9 Å². The number of nitrogens with one attached hydrogen (secondary N) is 2. The Balaban J connectivity index is 0.00000320. The van der Waals surface area contributed by atoms with Crippen LogP contribution in [0.3, 0.4) is 0 Å². The third-order valence-electron chi connectivity index (χ3n) is 5.40. The van der Waals surface area contributed by atoms with Gasteiger partial charge in [0.1, 0.15) is 5.82 Å². The van der Waals surface area contributed by atoms with E-state index in [0.29, 0.717) is 12.5 Å². The second-order valence-electron chi connectivity index (χ2n) is 7.48. The minimum Gasteiger partial charge on any atom is -0.357 e. The van der Waals surface area contributed by atoms with Crippen molar-refractivity contribution in [2.45, 2.75) is 33.2 Å². The molecule has 0 spiro atoms. The predicted molar refractivity (Wildman–Crippen MR) is 140 cm³/mol. The van der Waals surface area contributed by atoms with Crippen LogP contribution >= 0.6 is 35.3 Å². The van der Waals surface area contributed by atoms with Crippen LogP contribution in [0.5, 0.6) is 0 Å². The number of likely N-dealkylation sites (N-methyl/N-ethyl adjacent to an activating group) is 1. The van der Waals surface area contributed by atoms with Gasteiger partial charge in [0.25, 0.3) is 0 Å². The highest BCUT2D eigenvalue weighted by atomic mass is 127. The van der Waals surface area contributed by atoms with Crippen molar-refractivity contribution in [3.8, 4) is 0 Å². The molecule has 1 atom stereocenters. The number of aromatic nitrogens is 1. The van der Waals surface area contributed by atoms with Crippen LogP contribution in [0.15, 0.2) is 40.1 Å². The lowest BCUT2D eigenvalue weighted by molar-refractivity contribution is 0.270. The number of thiophene rings is 1. The van der Waals surface area contributed by atoms with Crippen molar-refractivity contribution in [3.63, 3.8) is 0 Å². The topological polar surface area (TPSA) is 55.8 Å². The fourth-order valence-electron chi connectivity index (χ4n) is 3.43. The molecular formula is C22H35IN6S. The van der Waals surface area contributed by atoms with Gasteiger partial charge < -0.3 is 20.4 Å². The van der Waals surface area contributed by atoms with E-state index in [9.17, 15) is 0 Å². The summed E-state index contributed by atoms with van der Waals surface area (Å²) in [7, 11) is 0. The zero-order valence-electron chi connectivity index (χ0n) is 18.3. The number of aliphatic imine (C=N–C) groups is 1. The molecule has 1 fully saturated rings. The first-order valence-corrected chi connectivity index (χ1v) is 11.6. The molecule has 2 N–H and O–H groups in total. The number of hydrogen-bond acceptors (Lipinski definition) is 5. The lowest BCUT2D eigenvalue weighted by atomic mass is 10.1. The van der Waals surface area contributed by atoms with Crippen LogP contribution in [0, 0.1) is 0 Å². The van der Waals surface area contributed by atoms with E-state index in [2.05, 4.69) is 75.1 Å². The second kappa shape index (κ2) is 13.1. The summed E-state index contributed by atoms with van der Waals surface area (Å²) in [5.41, 5.74) is 2.50. The molecular weight excluding hydrogens is 507 g/mol. The van der Waals surface area contributed by atoms with Gasteiger partial charge in [-0.3, -0.25) is 0 Å². The summed E-state index contributed by atoms with van der Waals surface area (Å²) in [4.78, 5) is 14.3. The van der Waals surface area contributed by atoms with Crippen molar-refractivity contribution in [2.24, 2.45) is 4.99 Å². The SMILES string of the molecule is CCNC(=NCc1ccc(N2CCN(CC)CC2)nc1)NCC(C)c1ccsc1.I. The van der Waals surface area contributed by atoms with E-state index in [1.807, 2.05) is 6.20 Å². The third-order valence-corrected chi connectivity index (χ3v) is 6.11. The van der Waals surface area contributed by atoms with Crippen LogP contribution in [-0.4, -0.2) is 61.7 Å². The van der Waals surface area contributed by atoms with E-state index in [-0.39, 0.29) is 24.0 Å². The van der Waals surface area contributed by atoms with Gasteiger partial charge in [-0.25, -0.2) is 9.98 Å².